The van der Waals surface area contributed by atoms with E-state index in [2.05, 4.69) is 4.98 Å². The normalized spacial score (nSPS) is 11.2. The quantitative estimate of drug-likeness (QED) is 0.335. The molecule has 0 atom stereocenters. The number of benzene rings is 2. The number of nitrogen functional groups attached to an aromatic ring is 1. The Morgan fingerprint density at radius 2 is 1.69 bits per heavy atom. The smallest absolute Gasteiger partial charge is 0.229 e. The Hall–Kier alpha value is -2.53. The van der Waals surface area contributed by atoms with Gasteiger partial charge in [-0.15, -0.1) is 0 Å². The molecule has 0 bridgehead atoms. The van der Waals surface area contributed by atoms with E-state index in [1.807, 2.05) is 18.2 Å². The molecule has 4 rings (SSSR count). The molecule has 0 unspecified atom stereocenters. The number of nitrogens with two attached hydrogens (primary N) is 1. The summed E-state index contributed by atoms with van der Waals surface area (Å²) >= 11 is 18.6. The molecule has 146 valence electrons. The fraction of sp³-hybridized carbons (Fsp3) is 0.0909. The van der Waals surface area contributed by atoms with Crippen molar-refractivity contribution in [3.05, 3.63) is 69.4 Å². The highest BCUT2D eigenvalue weighted by Gasteiger charge is 2.22. The van der Waals surface area contributed by atoms with Crippen molar-refractivity contribution in [1.29, 1.82) is 0 Å². The zero-order valence-corrected chi connectivity index (χ0v) is 17.6. The SMILES string of the molecule is CCC(=O)c1oc2nc(-c3ccc(Cl)cc3Cl)c(-c3ccc(Cl)cc3)cc2c1N. The highest BCUT2D eigenvalue weighted by Crippen LogP contribution is 2.40. The molecule has 2 aromatic heterocycles. The van der Waals surface area contributed by atoms with Gasteiger partial charge in [-0.1, -0.05) is 53.9 Å². The van der Waals surface area contributed by atoms with Crippen LogP contribution in [0.25, 0.3) is 33.5 Å². The van der Waals surface area contributed by atoms with Crippen LogP contribution >= 0.6 is 34.8 Å². The van der Waals surface area contributed by atoms with Gasteiger partial charge >= 0.3 is 0 Å². The highest BCUT2D eigenvalue weighted by atomic mass is 35.5. The first-order valence-corrected chi connectivity index (χ1v) is 10.00. The van der Waals surface area contributed by atoms with E-state index in [1.54, 1.807) is 37.3 Å². The minimum Gasteiger partial charge on any atom is -0.432 e. The van der Waals surface area contributed by atoms with Gasteiger partial charge in [0.25, 0.3) is 0 Å². The second-order valence-electron chi connectivity index (χ2n) is 6.49. The molecule has 0 aliphatic heterocycles. The van der Waals surface area contributed by atoms with Crippen molar-refractivity contribution in [3.8, 4) is 22.4 Å². The number of hydrogen-bond acceptors (Lipinski definition) is 4. The topological polar surface area (TPSA) is 69.1 Å². The lowest BCUT2D eigenvalue weighted by Crippen LogP contribution is -1.98. The Balaban J connectivity index is 2.04. The van der Waals surface area contributed by atoms with Gasteiger partial charge in [0.15, 0.2) is 11.5 Å². The van der Waals surface area contributed by atoms with Crippen LogP contribution in [0.1, 0.15) is 23.9 Å². The van der Waals surface area contributed by atoms with E-state index >= 15 is 0 Å². The molecule has 29 heavy (non-hydrogen) atoms. The number of rotatable bonds is 4. The molecular formula is C22H15Cl3N2O2. The molecule has 0 fully saturated rings. The maximum Gasteiger partial charge on any atom is 0.229 e. The minimum absolute atomic E-state index is 0.122. The number of fused-ring (bicyclic) bond motifs is 1. The molecule has 7 heteroatoms. The number of pyridine rings is 1. The first-order valence-electron chi connectivity index (χ1n) is 8.86. The fourth-order valence-corrected chi connectivity index (χ4v) is 3.77. The Bertz CT molecular complexity index is 1250. The predicted octanol–water partition coefficient (Wildman–Crippen LogP) is 7.30. The molecule has 4 aromatic rings. The average Bonchev–Trinajstić information content (AvgIpc) is 3.03. The Morgan fingerprint density at radius 1 is 1.00 bits per heavy atom. The van der Waals surface area contributed by atoms with Gasteiger partial charge in [-0.3, -0.25) is 4.79 Å². The van der Waals surface area contributed by atoms with Crippen molar-refractivity contribution < 1.29 is 9.21 Å². The van der Waals surface area contributed by atoms with Crippen LogP contribution in [0.5, 0.6) is 0 Å². The van der Waals surface area contributed by atoms with E-state index in [0.29, 0.717) is 31.7 Å². The van der Waals surface area contributed by atoms with Crippen molar-refractivity contribution in [2.24, 2.45) is 0 Å². The molecule has 0 aliphatic rings. The number of nitrogens with zero attached hydrogens (tertiary/aromatic N) is 1. The molecule has 0 aliphatic carbocycles. The van der Waals surface area contributed by atoms with Crippen molar-refractivity contribution in [2.75, 3.05) is 5.73 Å². The van der Waals surface area contributed by atoms with Crippen LogP contribution in [0.2, 0.25) is 15.1 Å². The summed E-state index contributed by atoms with van der Waals surface area (Å²) in [4.78, 5) is 16.9. The van der Waals surface area contributed by atoms with Crippen LogP contribution in [-0.4, -0.2) is 10.8 Å². The third-order valence-corrected chi connectivity index (χ3v) is 5.44. The Labute approximate surface area is 182 Å². The van der Waals surface area contributed by atoms with E-state index < -0.39 is 0 Å². The largest absolute Gasteiger partial charge is 0.432 e. The third-order valence-electron chi connectivity index (χ3n) is 4.64. The summed E-state index contributed by atoms with van der Waals surface area (Å²) < 4.78 is 5.71. The van der Waals surface area contributed by atoms with E-state index in [9.17, 15) is 4.79 Å². The number of Topliss-reactive ketones (excluding diaryl/α,β-unsaturated/α-hetero) is 1. The lowest BCUT2D eigenvalue weighted by atomic mass is 9.98. The van der Waals surface area contributed by atoms with Gasteiger partial charge in [0, 0.05) is 27.6 Å². The molecular weight excluding hydrogens is 431 g/mol. The van der Waals surface area contributed by atoms with E-state index in [1.165, 1.54) is 0 Å². The first kappa shape index (κ1) is 19.8. The highest BCUT2D eigenvalue weighted by molar-refractivity contribution is 6.36. The van der Waals surface area contributed by atoms with E-state index in [0.717, 1.165) is 11.1 Å². The summed E-state index contributed by atoms with van der Waals surface area (Å²) in [6.07, 6.45) is 0.282. The summed E-state index contributed by atoms with van der Waals surface area (Å²) in [5, 5.41) is 2.16. The molecule has 2 N–H and O–H groups in total. The number of carbonyl (C=O) groups is 1. The molecule has 0 radical (unpaired) electrons. The summed E-state index contributed by atoms with van der Waals surface area (Å²) in [6, 6.07) is 14.4. The Morgan fingerprint density at radius 3 is 2.34 bits per heavy atom. The second-order valence-corrected chi connectivity index (χ2v) is 7.77. The molecule has 2 aromatic carbocycles. The lowest BCUT2D eigenvalue weighted by Gasteiger charge is -2.11. The van der Waals surface area contributed by atoms with Crippen LogP contribution in [0, 0.1) is 0 Å². The van der Waals surface area contributed by atoms with Gasteiger partial charge in [-0.2, -0.15) is 0 Å². The monoisotopic (exact) mass is 444 g/mol. The molecule has 0 amide bonds. The number of hydrogen-bond donors (Lipinski definition) is 1. The van der Waals surface area contributed by atoms with Crippen molar-refractivity contribution in [2.45, 2.75) is 13.3 Å². The summed E-state index contributed by atoms with van der Waals surface area (Å²) in [6.45, 7) is 1.75. The van der Waals surface area contributed by atoms with Crippen LogP contribution < -0.4 is 5.73 Å². The average molecular weight is 446 g/mol. The number of halogens is 3. The standard InChI is InChI=1S/C22H15Cl3N2O2/c1-2-18(28)21-19(26)16-10-15(11-3-5-12(23)6-4-11)20(27-22(16)29-21)14-8-7-13(24)9-17(14)25/h3-10H,2,26H2,1H3. The van der Waals surface area contributed by atoms with E-state index in [4.69, 9.17) is 45.0 Å². The number of ketones is 1. The summed E-state index contributed by atoms with van der Waals surface area (Å²) in [7, 11) is 0. The van der Waals surface area contributed by atoms with Crippen molar-refractivity contribution >= 4 is 57.4 Å². The maximum atomic E-state index is 12.2. The van der Waals surface area contributed by atoms with Gasteiger partial charge in [0.2, 0.25) is 5.71 Å². The lowest BCUT2D eigenvalue weighted by molar-refractivity contribution is 0.0964. The number of aromatic nitrogens is 1. The van der Waals surface area contributed by atoms with Gasteiger partial charge in [0.05, 0.1) is 21.8 Å². The van der Waals surface area contributed by atoms with Gasteiger partial charge in [0.1, 0.15) is 0 Å². The second kappa shape index (κ2) is 7.71. The van der Waals surface area contributed by atoms with Crippen molar-refractivity contribution in [1.82, 2.24) is 4.98 Å². The number of anilines is 1. The summed E-state index contributed by atoms with van der Waals surface area (Å²) in [5.41, 5.74) is 9.68. The fourth-order valence-electron chi connectivity index (χ4n) is 3.15. The third kappa shape index (κ3) is 3.60. The molecule has 4 nitrogen and oxygen atoms in total. The van der Waals surface area contributed by atoms with Crippen LogP contribution in [0.3, 0.4) is 0 Å². The number of furan rings is 1. The zero-order chi connectivity index (χ0) is 20.7. The maximum absolute atomic E-state index is 12.2. The van der Waals surface area contributed by atoms with E-state index in [-0.39, 0.29) is 29.4 Å². The van der Waals surface area contributed by atoms with Gasteiger partial charge in [-0.05, 0) is 42.0 Å². The predicted molar refractivity (Wildman–Crippen MR) is 119 cm³/mol. The van der Waals surface area contributed by atoms with Gasteiger partial charge in [-0.25, -0.2) is 4.98 Å². The molecule has 2 heterocycles. The summed E-state index contributed by atoms with van der Waals surface area (Å²) in [5.74, 6) is -0.0592. The van der Waals surface area contributed by atoms with Crippen LogP contribution in [-0.2, 0) is 0 Å². The molecule has 0 saturated carbocycles. The zero-order valence-electron chi connectivity index (χ0n) is 15.3. The number of carbonyl (C=O) groups excluding carboxylic acids is 1. The first-order chi connectivity index (χ1) is 13.9. The van der Waals surface area contributed by atoms with Crippen molar-refractivity contribution in [3.63, 3.8) is 0 Å². The van der Waals surface area contributed by atoms with Crippen LogP contribution in [0.4, 0.5) is 5.69 Å². The Kier molecular flexibility index (Phi) is 5.26. The minimum atomic E-state index is -0.181. The van der Waals surface area contributed by atoms with Crippen LogP contribution in [0.15, 0.2) is 52.9 Å². The molecule has 0 saturated heterocycles. The van der Waals surface area contributed by atoms with Gasteiger partial charge < -0.3 is 10.2 Å². The molecule has 0 spiro atoms.